The molecule has 3 aromatic rings. The van der Waals surface area contributed by atoms with Gasteiger partial charge in [0.15, 0.2) is 0 Å². The Hall–Kier alpha value is -4.62. The molecule has 0 radical (unpaired) electrons. The molecule has 0 aliphatic carbocycles. The van der Waals surface area contributed by atoms with Gasteiger partial charge in [0.2, 0.25) is 29.5 Å². The first-order valence-electron chi connectivity index (χ1n) is 15.0. The van der Waals surface area contributed by atoms with Crippen molar-refractivity contribution in [2.45, 2.75) is 69.3 Å². The van der Waals surface area contributed by atoms with Crippen molar-refractivity contribution >= 4 is 52.0 Å². The molecule has 1 aromatic heterocycles. The Labute approximate surface area is 270 Å². The predicted octanol–water partition coefficient (Wildman–Crippen LogP) is 0.599. The maximum atomic E-state index is 13.9. The third-order valence-electron chi connectivity index (χ3n) is 8.04. The number of amides is 5. The molecule has 2 aromatic carbocycles. The molecule has 5 atom stereocenters. The molecule has 1 aliphatic rings. The van der Waals surface area contributed by atoms with Gasteiger partial charge >= 0.3 is 0 Å². The van der Waals surface area contributed by atoms with Crippen molar-refractivity contribution < 1.29 is 34.2 Å². The number of aromatic amines is 1. The van der Waals surface area contributed by atoms with Crippen molar-refractivity contribution in [3.63, 3.8) is 0 Å². The molecule has 2 heterocycles. The van der Waals surface area contributed by atoms with Crippen LogP contribution in [0, 0.1) is 0 Å². The number of hydrogen-bond donors (Lipinski definition) is 7. The van der Waals surface area contributed by atoms with E-state index in [0.29, 0.717) is 24.8 Å². The fourth-order valence-electron chi connectivity index (χ4n) is 5.61. The van der Waals surface area contributed by atoms with E-state index in [4.69, 9.17) is 17.3 Å². The number of carbonyl (C=O) groups excluding carboxylic acids is 5. The Kier molecular flexibility index (Phi) is 11.6. The number of likely N-dealkylation sites (tertiary alicyclic amines) is 1. The van der Waals surface area contributed by atoms with Crippen LogP contribution in [0.4, 0.5) is 0 Å². The molecular weight excluding hydrogens is 616 g/mol. The van der Waals surface area contributed by atoms with E-state index in [0.717, 1.165) is 16.5 Å². The van der Waals surface area contributed by atoms with Gasteiger partial charge in [0, 0.05) is 36.5 Å². The average molecular weight is 655 g/mol. The van der Waals surface area contributed by atoms with Gasteiger partial charge in [-0.3, -0.25) is 24.0 Å². The molecule has 0 saturated carbocycles. The monoisotopic (exact) mass is 654 g/mol. The van der Waals surface area contributed by atoms with Gasteiger partial charge in [-0.15, -0.1) is 11.6 Å². The van der Waals surface area contributed by atoms with Crippen LogP contribution in [-0.2, 0) is 36.8 Å². The fraction of sp³-hybridized carbons (Fsp3) is 0.406. The van der Waals surface area contributed by atoms with Crippen LogP contribution in [0.2, 0.25) is 0 Å². The second kappa shape index (κ2) is 15.6. The highest BCUT2D eigenvalue weighted by molar-refractivity contribution is 6.27. The number of aromatic hydroxyl groups is 1. The van der Waals surface area contributed by atoms with E-state index in [1.165, 1.54) is 24.0 Å². The first-order chi connectivity index (χ1) is 22.0. The number of hydrogen-bond acceptors (Lipinski definition) is 7. The minimum atomic E-state index is -1.32. The standard InChI is InChI=1S/C32H39ClN6O7/c1-18(40)28(38-27(42)16-33)32(46)39-13-5-4-8-26(39)31(45)37-25(15-20-17-35-23-7-3-2-6-22(20)23)30(44)36-24(29(34)43)14-19-9-11-21(41)12-10-19/h2-3,6-7,9-12,17-18,24-26,28,35,40-41H,4-5,8,13-16H2,1H3,(H2,34,43)(H,36,44)(H,37,45)(H,38,42)/t18?,24-,25-,26-,28?/m0/s1. The summed E-state index contributed by atoms with van der Waals surface area (Å²) < 4.78 is 0. The Bertz CT molecular complexity index is 1560. The minimum absolute atomic E-state index is 0.0429. The number of piperidine rings is 1. The molecule has 1 aliphatic heterocycles. The molecule has 0 spiro atoms. The van der Waals surface area contributed by atoms with Crippen LogP contribution in [-0.4, -0.2) is 92.3 Å². The van der Waals surface area contributed by atoms with Crippen LogP contribution in [0.15, 0.2) is 54.7 Å². The number of H-pyrrole nitrogens is 1. The van der Waals surface area contributed by atoms with Crippen molar-refractivity contribution in [1.29, 1.82) is 0 Å². The van der Waals surface area contributed by atoms with Gasteiger partial charge in [-0.2, -0.15) is 0 Å². The Morgan fingerprint density at radius 3 is 2.39 bits per heavy atom. The molecule has 4 rings (SSSR count). The molecule has 8 N–H and O–H groups in total. The lowest BCUT2D eigenvalue weighted by Gasteiger charge is -2.38. The number of alkyl halides is 1. The number of nitrogens with two attached hydrogens (primary N) is 1. The van der Waals surface area contributed by atoms with Crippen molar-refractivity contribution in [3.05, 3.63) is 65.9 Å². The number of benzene rings is 2. The maximum absolute atomic E-state index is 13.9. The highest BCUT2D eigenvalue weighted by Gasteiger charge is 2.39. The van der Waals surface area contributed by atoms with Crippen LogP contribution >= 0.6 is 11.6 Å². The summed E-state index contributed by atoms with van der Waals surface area (Å²) in [6.07, 6.45) is 2.10. The third-order valence-corrected chi connectivity index (χ3v) is 8.29. The Morgan fingerprint density at radius 1 is 1.00 bits per heavy atom. The number of fused-ring (bicyclic) bond motifs is 1. The molecule has 5 amide bonds. The van der Waals surface area contributed by atoms with Crippen molar-refractivity contribution in [2.75, 3.05) is 12.4 Å². The SMILES string of the molecule is CC(O)C(NC(=O)CCl)C(=O)N1CCCC[C@H]1C(=O)N[C@@H](Cc1c[nH]c2ccccc12)C(=O)N[C@@H](Cc1ccc(O)cc1)C(N)=O. The third kappa shape index (κ3) is 8.55. The van der Waals surface area contributed by atoms with Gasteiger partial charge in [-0.05, 0) is 55.5 Å². The number of nitrogens with zero attached hydrogens (tertiary/aromatic N) is 1. The first kappa shape index (κ1) is 34.3. The van der Waals surface area contributed by atoms with E-state index in [1.54, 1.807) is 18.3 Å². The van der Waals surface area contributed by atoms with Crippen LogP contribution in [0.25, 0.3) is 10.9 Å². The fourth-order valence-corrected chi connectivity index (χ4v) is 5.68. The normalized spacial score (nSPS) is 17.4. The Morgan fingerprint density at radius 2 is 1.72 bits per heavy atom. The van der Waals surface area contributed by atoms with Gasteiger partial charge in [0.05, 0.1) is 6.10 Å². The molecule has 1 fully saturated rings. The zero-order chi connectivity index (χ0) is 33.4. The van der Waals surface area contributed by atoms with E-state index < -0.39 is 65.7 Å². The van der Waals surface area contributed by atoms with E-state index in [9.17, 15) is 34.2 Å². The number of rotatable bonds is 13. The van der Waals surface area contributed by atoms with Crippen molar-refractivity contribution in [3.8, 4) is 5.75 Å². The van der Waals surface area contributed by atoms with Crippen LogP contribution in [0.1, 0.15) is 37.3 Å². The highest BCUT2D eigenvalue weighted by Crippen LogP contribution is 2.22. The molecule has 2 unspecified atom stereocenters. The number of primary amides is 1. The van der Waals surface area contributed by atoms with Crippen molar-refractivity contribution in [2.24, 2.45) is 5.73 Å². The first-order valence-corrected chi connectivity index (χ1v) is 15.6. The van der Waals surface area contributed by atoms with Gasteiger partial charge in [0.25, 0.3) is 0 Å². The van der Waals surface area contributed by atoms with Gasteiger partial charge in [-0.25, -0.2) is 0 Å². The largest absolute Gasteiger partial charge is 0.508 e. The van der Waals surface area contributed by atoms with E-state index in [1.807, 2.05) is 24.3 Å². The number of aliphatic hydroxyl groups excluding tert-OH is 1. The number of para-hydroxylation sites is 1. The molecule has 1 saturated heterocycles. The van der Waals surface area contributed by atoms with Gasteiger partial charge < -0.3 is 41.8 Å². The maximum Gasteiger partial charge on any atom is 0.248 e. The van der Waals surface area contributed by atoms with Gasteiger partial charge in [0.1, 0.15) is 35.8 Å². The Balaban J connectivity index is 1.59. The smallest absolute Gasteiger partial charge is 0.248 e. The van der Waals surface area contributed by atoms with Crippen LogP contribution in [0.3, 0.4) is 0 Å². The van der Waals surface area contributed by atoms with E-state index >= 15 is 0 Å². The number of nitrogens with one attached hydrogen (secondary N) is 4. The van der Waals surface area contributed by atoms with E-state index in [-0.39, 0.29) is 25.1 Å². The molecule has 246 valence electrons. The molecule has 14 heteroatoms. The lowest BCUT2D eigenvalue weighted by Crippen LogP contribution is -2.62. The summed E-state index contributed by atoms with van der Waals surface area (Å²) in [5.41, 5.74) is 7.85. The summed E-state index contributed by atoms with van der Waals surface area (Å²) in [6, 6.07) is 8.98. The molecule has 46 heavy (non-hydrogen) atoms. The predicted molar refractivity (Wildman–Crippen MR) is 171 cm³/mol. The molecule has 13 nitrogen and oxygen atoms in total. The quantitative estimate of drug-likeness (QED) is 0.131. The number of phenolic OH excluding ortho intramolecular Hbond substituents is 1. The number of halogens is 1. The lowest BCUT2D eigenvalue weighted by molar-refractivity contribution is -0.147. The topological polar surface area (TPSA) is 207 Å². The summed E-state index contributed by atoms with van der Waals surface area (Å²) in [4.78, 5) is 70.0. The molecular formula is C32H39ClN6O7. The zero-order valence-corrected chi connectivity index (χ0v) is 26.1. The molecule has 0 bridgehead atoms. The summed E-state index contributed by atoms with van der Waals surface area (Å²) in [5, 5.41) is 28.6. The van der Waals surface area contributed by atoms with Crippen molar-refractivity contribution in [1.82, 2.24) is 25.8 Å². The zero-order valence-electron chi connectivity index (χ0n) is 25.4. The number of aliphatic hydroxyl groups is 1. The van der Waals surface area contributed by atoms with Gasteiger partial charge in [-0.1, -0.05) is 30.3 Å². The lowest BCUT2D eigenvalue weighted by atomic mass is 9.97. The number of carbonyl (C=O) groups is 5. The summed E-state index contributed by atoms with van der Waals surface area (Å²) in [7, 11) is 0. The summed E-state index contributed by atoms with van der Waals surface area (Å²) in [6.45, 7) is 1.55. The number of phenols is 1. The number of aromatic nitrogens is 1. The highest BCUT2D eigenvalue weighted by atomic mass is 35.5. The van der Waals surface area contributed by atoms with E-state index in [2.05, 4.69) is 20.9 Å². The summed E-state index contributed by atoms with van der Waals surface area (Å²) >= 11 is 5.60. The second-order valence-corrected chi connectivity index (χ2v) is 11.7. The van der Waals surface area contributed by atoms with Crippen LogP contribution in [0.5, 0.6) is 5.75 Å². The van der Waals surface area contributed by atoms with Crippen LogP contribution < -0.4 is 21.7 Å². The second-order valence-electron chi connectivity index (χ2n) is 11.4. The minimum Gasteiger partial charge on any atom is -0.508 e. The average Bonchev–Trinajstić information content (AvgIpc) is 3.45. The summed E-state index contributed by atoms with van der Waals surface area (Å²) in [5.74, 6) is -3.71.